The number of rotatable bonds is 6. The van der Waals surface area contributed by atoms with Gasteiger partial charge in [-0.3, -0.25) is 14.4 Å². The summed E-state index contributed by atoms with van der Waals surface area (Å²) in [5.74, 6) is -1.17. The Kier molecular flexibility index (Phi) is 5.36. The van der Waals surface area contributed by atoms with Gasteiger partial charge < -0.3 is 15.3 Å². The van der Waals surface area contributed by atoms with Gasteiger partial charge in [-0.2, -0.15) is 0 Å². The van der Waals surface area contributed by atoms with Crippen molar-refractivity contribution in [1.82, 2.24) is 10.2 Å². The molecule has 1 rings (SSSR count). The molecule has 0 aromatic rings. The Bertz CT molecular complexity index is 431. The van der Waals surface area contributed by atoms with Gasteiger partial charge in [0, 0.05) is 26.6 Å². The van der Waals surface area contributed by atoms with Crippen LogP contribution in [0.15, 0.2) is 0 Å². The summed E-state index contributed by atoms with van der Waals surface area (Å²) in [6, 6.07) is 0. The Balaban J connectivity index is 2.78. The first-order valence-corrected chi connectivity index (χ1v) is 7.48. The molecule has 1 aliphatic heterocycles. The third kappa shape index (κ3) is 3.36. The van der Waals surface area contributed by atoms with Crippen LogP contribution in [0.1, 0.15) is 46.5 Å². The summed E-state index contributed by atoms with van der Waals surface area (Å²) in [4.78, 5) is 37.4. The highest BCUT2D eigenvalue weighted by Crippen LogP contribution is 2.35. The Morgan fingerprint density at radius 1 is 1.29 bits per heavy atom. The van der Waals surface area contributed by atoms with Crippen LogP contribution >= 0.6 is 0 Å². The molecule has 1 heterocycles. The Labute approximate surface area is 125 Å². The van der Waals surface area contributed by atoms with E-state index in [9.17, 15) is 19.5 Å². The Morgan fingerprint density at radius 2 is 1.86 bits per heavy atom. The van der Waals surface area contributed by atoms with Gasteiger partial charge in [-0.05, 0) is 26.2 Å². The highest BCUT2D eigenvalue weighted by molar-refractivity contribution is 5.87. The molecule has 2 N–H and O–H groups in total. The van der Waals surface area contributed by atoms with Gasteiger partial charge in [-0.25, -0.2) is 0 Å². The molecule has 1 fully saturated rings. The van der Waals surface area contributed by atoms with Gasteiger partial charge in [0.1, 0.15) is 0 Å². The molecule has 120 valence electrons. The molecule has 0 aliphatic carbocycles. The smallest absolute Gasteiger partial charge is 0.310 e. The first-order chi connectivity index (χ1) is 9.74. The molecule has 0 bridgehead atoms. The Hall–Kier alpha value is -1.59. The maximum atomic E-state index is 12.4. The molecule has 0 saturated carbocycles. The summed E-state index contributed by atoms with van der Waals surface area (Å²) < 4.78 is 0. The van der Waals surface area contributed by atoms with Crippen molar-refractivity contribution in [2.45, 2.75) is 46.5 Å². The lowest BCUT2D eigenvalue weighted by Gasteiger charge is -2.29. The van der Waals surface area contributed by atoms with E-state index in [-0.39, 0.29) is 18.2 Å². The fourth-order valence-corrected chi connectivity index (χ4v) is 2.94. The Morgan fingerprint density at radius 3 is 2.29 bits per heavy atom. The monoisotopic (exact) mass is 298 g/mol. The van der Waals surface area contributed by atoms with E-state index in [4.69, 9.17) is 0 Å². The summed E-state index contributed by atoms with van der Waals surface area (Å²) >= 11 is 0. The number of carboxylic acid groups (broad SMARTS) is 1. The summed E-state index contributed by atoms with van der Waals surface area (Å²) in [7, 11) is 1.59. The van der Waals surface area contributed by atoms with E-state index in [1.54, 1.807) is 25.8 Å². The maximum Gasteiger partial charge on any atom is 0.310 e. The zero-order valence-corrected chi connectivity index (χ0v) is 13.4. The van der Waals surface area contributed by atoms with Gasteiger partial charge in [0.25, 0.3) is 0 Å². The first kappa shape index (κ1) is 17.5. The number of nitrogens with one attached hydrogen (secondary N) is 1. The molecule has 2 amide bonds. The number of likely N-dealkylation sites (tertiary alicyclic amines) is 1. The largest absolute Gasteiger partial charge is 0.481 e. The maximum absolute atomic E-state index is 12.4. The van der Waals surface area contributed by atoms with Gasteiger partial charge in [-0.1, -0.05) is 13.8 Å². The summed E-state index contributed by atoms with van der Waals surface area (Å²) in [5.41, 5.74) is -1.57. The minimum absolute atomic E-state index is 0.000836. The molecule has 0 spiro atoms. The standard InChI is InChI=1S/C15H26N2O4/c1-5-15(6-2,13(20)21)9-11(18)17-8-7-14(3,10-17)12(19)16-4/h5-10H2,1-4H3,(H,16,19)(H,20,21). The van der Waals surface area contributed by atoms with Gasteiger partial charge in [-0.15, -0.1) is 0 Å². The molecule has 6 heteroatoms. The predicted molar refractivity (Wildman–Crippen MR) is 78.6 cm³/mol. The van der Waals surface area contributed by atoms with E-state index in [0.717, 1.165) is 0 Å². The fourth-order valence-electron chi connectivity index (χ4n) is 2.94. The third-order valence-electron chi connectivity index (χ3n) is 4.90. The lowest BCUT2D eigenvalue weighted by Crippen LogP contribution is -2.42. The SMILES string of the molecule is CCC(CC)(CC(=O)N1CCC(C)(C(=O)NC)C1)C(=O)O. The number of carbonyl (C=O) groups excluding carboxylic acids is 2. The highest BCUT2D eigenvalue weighted by atomic mass is 16.4. The van der Waals surface area contributed by atoms with Crippen LogP contribution in [-0.2, 0) is 14.4 Å². The van der Waals surface area contributed by atoms with Crippen LogP contribution in [0.5, 0.6) is 0 Å². The average Bonchev–Trinajstić information content (AvgIpc) is 2.87. The van der Waals surface area contributed by atoms with Crippen molar-refractivity contribution in [3.8, 4) is 0 Å². The summed E-state index contributed by atoms with van der Waals surface area (Å²) in [6.07, 6.45) is 1.45. The number of carboxylic acids is 1. The summed E-state index contributed by atoms with van der Waals surface area (Å²) in [5, 5.41) is 12.0. The van der Waals surface area contributed by atoms with Crippen LogP contribution in [0.25, 0.3) is 0 Å². The molecule has 1 unspecified atom stereocenters. The summed E-state index contributed by atoms with van der Waals surface area (Å²) in [6.45, 7) is 6.29. The second-order valence-corrected chi connectivity index (χ2v) is 6.17. The number of aliphatic carboxylic acids is 1. The van der Waals surface area contributed by atoms with Crippen molar-refractivity contribution in [3.63, 3.8) is 0 Å². The average molecular weight is 298 g/mol. The number of nitrogens with zero attached hydrogens (tertiary/aromatic N) is 1. The molecule has 0 aromatic carbocycles. The van der Waals surface area contributed by atoms with Crippen molar-refractivity contribution >= 4 is 17.8 Å². The van der Waals surface area contributed by atoms with Gasteiger partial charge in [0.2, 0.25) is 11.8 Å². The van der Waals surface area contributed by atoms with E-state index >= 15 is 0 Å². The lowest BCUT2D eigenvalue weighted by atomic mass is 9.79. The number of carbonyl (C=O) groups is 3. The minimum atomic E-state index is -0.997. The van der Waals surface area contributed by atoms with Crippen LogP contribution in [0.2, 0.25) is 0 Å². The molecule has 1 atom stereocenters. The molecular weight excluding hydrogens is 272 g/mol. The molecule has 1 saturated heterocycles. The van der Waals surface area contributed by atoms with Crippen LogP contribution < -0.4 is 5.32 Å². The molecule has 6 nitrogen and oxygen atoms in total. The topological polar surface area (TPSA) is 86.7 Å². The minimum Gasteiger partial charge on any atom is -0.481 e. The van der Waals surface area contributed by atoms with E-state index in [2.05, 4.69) is 5.32 Å². The van der Waals surface area contributed by atoms with E-state index in [1.165, 1.54) is 0 Å². The normalized spacial score (nSPS) is 22.2. The number of hydrogen-bond acceptors (Lipinski definition) is 3. The van der Waals surface area contributed by atoms with Gasteiger partial charge >= 0.3 is 5.97 Å². The second kappa shape index (κ2) is 6.45. The van der Waals surface area contributed by atoms with Crippen molar-refractivity contribution in [2.24, 2.45) is 10.8 Å². The molecule has 0 radical (unpaired) electrons. The van der Waals surface area contributed by atoms with E-state index in [1.807, 2.05) is 6.92 Å². The molecule has 0 aromatic heterocycles. The van der Waals surface area contributed by atoms with E-state index in [0.29, 0.717) is 32.4 Å². The zero-order valence-electron chi connectivity index (χ0n) is 13.4. The van der Waals surface area contributed by atoms with Crippen molar-refractivity contribution in [2.75, 3.05) is 20.1 Å². The molecule has 21 heavy (non-hydrogen) atoms. The quantitative estimate of drug-likeness (QED) is 0.772. The second-order valence-electron chi connectivity index (χ2n) is 6.17. The van der Waals surface area contributed by atoms with Crippen molar-refractivity contribution < 1.29 is 19.5 Å². The van der Waals surface area contributed by atoms with Crippen LogP contribution in [0.3, 0.4) is 0 Å². The zero-order chi connectivity index (χ0) is 16.3. The third-order valence-corrected chi connectivity index (χ3v) is 4.90. The van der Waals surface area contributed by atoms with Crippen LogP contribution in [0.4, 0.5) is 0 Å². The molecular formula is C15H26N2O4. The number of amides is 2. The lowest BCUT2D eigenvalue weighted by molar-refractivity contribution is -0.154. The van der Waals surface area contributed by atoms with Crippen molar-refractivity contribution in [1.29, 1.82) is 0 Å². The first-order valence-electron chi connectivity index (χ1n) is 7.48. The van der Waals surface area contributed by atoms with Gasteiger partial charge in [0.05, 0.1) is 10.8 Å². The predicted octanol–water partition coefficient (Wildman–Crippen LogP) is 1.25. The highest BCUT2D eigenvalue weighted by Gasteiger charge is 2.44. The van der Waals surface area contributed by atoms with Crippen LogP contribution in [0, 0.1) is 10.8 Å². The number of hydrogen-bond donors (Lipinski definition) is 2. The van der Waals surface area contributed by atoms with Crippen LogP contribution in [-0.4, -0.2) is 47.9 Å². The van der Waals surface area contributed by atoms with E-state index < -0.39 is 16.8 Å². The fraction of sp³-hybridized carbons (Fsp3) is 0.800. The van der Waals surface area contributed by atoms with Gasteiger partial charge in [0.15, 0.2) is 0 Å². The van der Waals surface area contributed by atoms with Crippen molar-refractivity contribution in [3.05, 3.63) is 0 Å². The molecule has 1 aliphatic rings.